The van der Waals surface area contributed by atoms with Crippen molar-refractivity contribution in [3.05, 3.63) is 34.3 Å². The molecule has 1 aromatic rings. The monoisotopic (exact) mass is 255 g/mol. The van der Waals surface area contributed by atoms with Crippen LogP contribution in [0.2, 0.25) is 0 Å². The summed E-state index contributed by atoms with van der Waals surface area (Å²) in [7, 11) is -3.45. The molecule has 0 saturated carbocycles. The summed E-state index contributed by atoms with van der Waals surface area (Å²) in [6.07, 6.45) is 3.82. The fourth-order valence-corrected chi connectivity index (χ4v) is 1.89. The van der Waals surface area contributed by atoms with Crippen LogP contribution in [0.5, 0.6) is 0 Å². The van der Waals surface area contributed by atoms with E-state index in [2.05, 4.69) is 5.16 Å². The molecule has 0 bridgehead atoms. The van der Waals surface area contributed by atoms with Crippen molar-refractivity contribution in [1.82, 2.24) is 0 Å². The first-order valence-electron chi connectivity index (χ1n) is 5.19. The first-order valence-corrected chi connectivity index (χ1v) is 7.00. The van der Waals surface area contributed by atoms with Crippen molar-refractivity contribution in [2.75, 3.05) is 12.9 Å². The molecule has 1 aliphatic rings. The van der Waals surface area contributed by atoms with Gasteiger partial charge in [0.1, 0.15) is 12.0 Å². The predicted octanol–water partition coefficient (Wildman–Crippen LogP) is -0.102. The second-order valence-electron chi connectivity index (χ2n) is 3.74. The van der Waals surface area contributed by atoms with E-state index in [1.54, 1.807) is 6.07 Å². The smallest absolute Gasteiger partial charge is 0.264 e. The zero-order valence-electron chi connectivity index (χ0n) is 9.42. The van der Waals surface area contributed by atoms with Gasteiger partial charge in [-0.15, -0.1) is 0 Å². The van der Waals surface area contributed by atoms with Crippen molar-refractivity contribution in [2.45, 2.75) is 13.0 Å². The van der Waals surface area contributed by atoms with Crippen LogP contribution in [0.4, 0.5) is 0 Å². The van der Waals surface area contributed by atoms with E-state index in [-0.39, 0.29) is 6.61 Å². The maximum absolute atomic E-state index is 10.9. The van der Waals surface area contributed by atoms with Crippen LogP contribution in [0, 0.1) is 0 Å². The van der Waals surface area contributed by atoms with Crippen LogP contribution < -0.4 is 10.6 Å². The van der Waals surface area contributed by atoms with Gasteiger partial charge in [0.05, 0.1) is 12.9 Å². The van der Waals surface area contributed by atoms with E-state index >= 15 is 0 Å². The molecular weight excluding hydrogens is 242 g/mol. The van der Waals surface area contributed by atoms with E-state index in [1.165, 1.54) is 0 Å². The highest BCUT2D eigenvalue weighted by molar-refractivity contribution is 7.85. The van der Waals surface area contributed by atoms with E-state index in [0.717, 1.165) is 17.9 Å². The largest absolute Gasteiger partial charge is 0.395 e. The van der Waals surface area contributed by atoms with Gasteiger partial charge in [-0.2, -0.15) is 8.42 Å². The van der Waals surface area contributed by atoms with Gasteiger partial charge >= 0.3 is 0 Å². The average Bonchev–Trinajstić information content (AvgIpc) is 2.50. The SMILES string of the molecule is CS(=O)(=O)OCc1cccc2c1=NOCCC=2. The van der Waals surface area contributed by atoms with E-state index < -0.39 is 10.1 Å². The summed E-state index contributed by atoms with van der Waals surface area (Å²) in [4.78, 5) is 5.08. The van der Waals surface area contributed by atoms with Gasteiger partial charge in [0.15, 0.2) is 0 Å². The first-order chi connectivity index (χ1) is 8.06. The Labute approximate surface area is 99.5 Å². The number of rotatable bonds is 3. The molecule has 1 aliphatic heterocycles. The fraction of sp³-hybridized carbons (Fsp3) is 0.364. The lowest BCUT2D eigenvalue weighted by Crippen LogP contribution is -2.29. The summed E-state index contributed by atoms with van der Waals surface area (Å²) in [5.74, 6) is 0. The summed E-state index contributed by atoms with van der Waals surface area (Å²) >= 11 is 0. The molecule has 1 aromatic carbocycles. The molecule has 0 atom stereocenters. The van der Waals surface area contributed by atoms with Gasteiger partial charge in [-0.05, 0) is 0 Å². The molecule has 0 N–H and O–H groups in total. The van der Waals surface area contributed by atoms with Gasteiger partial charge in [0.2, 0.25) is 0 Å². The third-order valence-electron chi connectivity index (χ3n) is 2.31. The second-order valence-corrected chi connectivity index (χ2v) is 5.38. The quantitative estimate of drug-likeness (QED) is 0.707. The Balaban J connectivity index is 2.40. The minimum absolute atomic E-state index is 0.0251. The third-order valence-corrected chi connectivity index (χ3v) is 2.85. The highest BCUT2D eigenvalue weighted by Gasteiger charge is 2.06. The van der Waals surface area contributed by atoms with Gasteiger partial charge in [-0.3, -0.25) is 4.18 Å². The van der Waals surface area contributed by atoms with Crippen molar-refractivity contribution < 1.29 is 17.4 Å². The molecule has 0 aromatic heterocycles. The van der Waals surface area contributed by atoms with Gasteiger partial charge in [0.25, 0.3) is 10.1 Å². The Bertz CT molecular complexity index is 621. The molecule has 0 amide bonds. The van der Waals surface area contributed by atoms with Crippen LogP contribution in [0.3, 0.4) is 0 Å². The zero-order chi connectivity index (χ0) is 12.3. The standard InChI is InChI=1S/C11H13NO4S/c1-17(13,14)16-8-10-5-2-4-9-6-3-7-15-12-11(9)10/h2,4-6H,3,7-8H2,1H3. The van der Waals surface area contributed by atoms with E-state index in [0.29, 0.717) is 17.5 Å². The van der Waals surface area contributed by atoms with Gasteiger partial charge < -0.3 is 4.84 Å². The molecule has 1 heterocycles. The molecule has 5 nitrogen and oxygen atoms in total. The van der Waals surface area contributed by atoms with E-state index in [4.69, 9.17) is 9.02 Å². The summed E-state index contributed by atoms with van der Waals surface area (Å²) in [5.41, 5.74) is 0.700. The lowest BCUT2D eigenvalue weighted by molar-refractivity contribution is 0.141. The van der Waals surface area contributed by atoms with E-state index in [1.807, 2.05) is 18.2 Å². The van der Waals surface area contributed by atoms with Crippen molar-refractivity contribution in [3.8, 4) is 0 Å². The molecule has 0 spiro atoms. The lowest BCUT2D eigenvalue weighted by Gasteiger charge is -2.02. The highest BCUT2D eigenvalue weighted by atomic mass is 32.2. The molecule has 0 unspecified atom stereocenters. The van der Waals surface area contributed by atoms with Crippen LogP contribution in [0.1, 0.15) is 12.0 Å². The first kappa shape index (κ1) is 12.1. The Hall–Kier alpha value is -1.40. The third kappa shape index (κ3) is 3.28. The van der Waals surface area contributed by atoms with Gasteiger partial charge in [-0.1, -0.05) is 29.4 Å². The Morgan fingerprint density at radius 3 is 3.06 bits per heavy atom. The van der Waals surface area contributed by atoms with Crippen LogP contribution >= 0.6 is 0 Å². The molecule has 17 heavy (non-hydrogen) atoms. The normalized spacial score (nSPS) is 14.9. The predicted molar refractivity (Wildman–Crippen MR) is 61.9 cm³/mol. The van der Waals surface area contributed by atoms with Crippen LogP contribution in [0.15, 0.2) is 23.4 Å². The topological polar surface area (TPSA) is 65.0 Å². The summed E-state index contributed by atoms with van der Waals surface area (Å²) in [6.45, 7) is 0.504. The Morgan fingerprint density at radius 1 is 1.47 bits per heavy atom. The van der Waals surface area contributed by atoms with Gasteiger partial charge in [0, 0.05) is 17.2 Å². The van der Waals surface area contributed by atoms with Crippen molar-refractivity contribution in [3.63, 3.8) is 0 Å². The Morgan fingerprint density at radius 2 is 2.29 bits per heavy atom. The maximum atomic E-state index is 10.9. The number of hydrogen-bond donors (Lipinski definition) is 0. The van der Waals surface area contributed by atoms with Gasteiger partial charge in [-0.25, -0.2) is 0 Å². The highest BCUT2D eigenvalue weighted by Crippen LogP contribution is 1.98. The molecule has 92 valence electrons. The number of nitrogens with zero attached hydrogens (tertiary/aromatic N) is 1. The molecule has 0 fully saturated rings. The summed E-state index contributed by atoms with van der Waals surface area (Å²) in [6, 6.07) is 5.53. The summed E-state index contributed by atoms with van der Waals surface area (Å²) in [5, 5.41) is 5.57. The van der Waals surface area contributed by atoms with E-state index in [9.17, 15) is 8.42 Å². The zero-order valence-corrected chi connectivity index (χ0v) is 10.2. The minimum Gasteiger partial charge on any atom is -0.395 e. The fourth-order valence-electron chi connectivity index (χ4n) is 1.55. The van der Waals surface area contributed by atoms with Crippen LogP contribution in [-0.2, 0) is 25.7 Å². The molecular formula is C11H13NO4S. The number of benzene rings is 1. The Kier molecular flexibility index (Phi) is 3.44. The minimum atomic E-state index is -3.45. The molecule has 6 heteroatoms. The van der Waals surface area contributed by atoms with Crippen LogP contribution in [-0.4, -0.2) is 21.3 Å². The molecule has 0 aliphatic carbocycles. The molecule has 0 saturated heterocycles. The number of hydrogen-bond acceptors (Lipinski definition) is 5. The average molecular weight is 255 g/mol. The molecule has 0 radical (unpaired) electrons. The number of fused-ring (bicyclic) bond motifs is 1. The maximum Gasteiger partial charge on any atom is 0.264 e. The van der Waals surface area contributed by atoms with Crippen LogP contribution in [0.25, 0.3) is 6.08 Å². The second kappa shape index (κ2) is 4.85. The molecule has 2 rings (SSSR count). The van der Waals surface area contributed by atoms with Crippen molar-refractivity contribution >= 4 is 16.2 Å². The van der Waals surface area contributed by atoms with Crippen molar-refractivity contribution in [2.24, 2.45) is 5.16 Å². The van der Waals surface area contributed by atoms with Crippen molar-refractivity contribution in [1.29, 1.82) is 0 Å². The lowest BCUT2D eigenvalue weighted by atomic mass is 10.1. The summed E-state index contributed by atoms with van der Waals surface area (Å²) < 4.78 is 26.7.